The Morgan fingerprint density at radius 3 is 2.95 bits per heavy atom. The lowest BCUT2D eigenvalue weighted by molar-refractivity contribution is -0.145. The molecule has 1 rings (SSSR count). The molecule has 19 heavy (non-hydrogen) atoms. The van der Waals surface area contributed by atoms with E-state index >= 15 is 0 Å². The Labute approximate surface area is 116 Å². The molecule has 1 atom stereocenters. The molecule has 0 radical (unpaired) electrons. The highest BCUT2D eigenvalue weighted by Crippen LogP contribution is 2.13. The van der Waals surface area contributed by atoms with Crippen molar-refractivity contribution in [2.75, 3.05) is 19.4 Å². The Morgan fingerprint density at radius 2 is 2.37 bits per heavy atom. The highest BCUT2D eigenvalue weighted by Gasteiger charge is 2.17. The van der Waals surface area contributed by atoms with Crippen LogP contribution in [0.3, 0.4) is 0 Å². The van der Waals surface area contributed by atoms with Crippen molar-refractivity contribution in [2.45, 2.75) is 31.5 Å². The number of H-pyrrole nitrogens is 1. The van der Waals surface area contributed by atoms with Gasteiger partial charge < -0.3 is 15.0 Å². The van der Waals surface area contributed by atoms with Crippen molar-refractivity contribution < 1.29 is 9.53 Å². The van der Waals surface area contributed by atoms with Crippen LogP contribution >= 0.6 is 11.8 Å². The summed E-state index contributed by atoms with van der Waals surface area (Å²) in [5, 5.41) is 3.49. The third kappa shape index (κ3) is 5.44. The predicted octanol–water partition coefficient (Wildman–Crippen LogP) is 0.712. The van der Waals surface area contributed by atoms with E-state index in [1.165, 1.54) is 17.8 Å². The molecule has 1 aromatic rings. The van der Waals surface area contributed by atoms with Crippen LogP contribution in [0, 0.1) is 6.92 Å². The van der Waals surface area contributed by atoms with E-state index in [4.69, 9.17) is 4.74 Å². The average Bonchev–Trinajstić information content (AvgIpc) is 2.33. The summed E-state index contributed by atoms with van der Waals surface area (Å²) in [5.74, 6) is 0.410. The van der Waals surface area contributed by atoms with Gasteiger partial charge in [0.2, 0.25) is 0 Å². The predicted molar refractivity (Wildman–Crippen MR) is 74.4 cm³/mol. The summed E-state index contributed by atoms with van der Waals surface area (Å²) in [5.41, 5.74) is 0.521. The summed E-state index contributed by atoms with van der Waals surface area (Å²) >= 11 is 1.41. The fourth-order valence-corrected chi connectivity index (χ4v) is 2.44. The fraction of sp³-hybridized carbons (Fsp3) is 0.583. The van der Waals surface area contributed by atoms with E-state index in [2.05, 4.69) is 15.3 Å². The largest absolute Gasteiger partial charge is 0.465 e. The van der Waals surface area contributed by atoms with Crippen molar-refractivity contribution in [3.05, 3.63) is 22.1 Å². The third-order valence-corrected chi connectivity index (χ3v) is 3.32. The van der Waals surface area contributed by atoms with Gasteiger partial charge in [-0.2, -0.15) is 0 Å². The molecule has 0 aromatic carbocycles. The van der Waals surface area contributed by atoms with E-state index in [1.54, 1.807) is 20.9 Å². The number of aromatic nitrogens is 2. The number of thioether (sulfide) groups is 1. The Kier molecular flexibility index (Phi) is 6.58. The first-order valence-electron chi connectivity index (χ1n) is 6.11. The summed E-state index contributed by atoms with van der Waals surface area (Å²) < 4.78 is 4.95. The molecule has 2 N–H and O–H groups in total. The molecule has 0 fully saturated rings. The lowest BCUT2D eigenvalue weighted by Crippen LogP contribution is -2.36. The van der Waals surface area contributed by atoms with Crippen molar-refractivity contribution in [1.82, 2.24) is 15.3 Å². The fourth-order valence-electron chi connectivity index (χ4n) is 1.52. The monoisotopic (exact) mass is 285 g/mol. The van der Waals surface area contributed by atoms with E-state index in [0.717, 1.165) is 0 Å². The first kappa shape index (κ1) is 15.7. The molecule has 0 aliphatic carbocycles. The van der Waals surface area contributed by atoms with Crippen LogP contribution in [0.1, 0.15) is 19.0 Å². The number of nitrogens with one attached hydrogen (secondary N) is 2. The molecule has 6 nitrogen and oxygen atoms in total. The summed E-state index contributed by atoms with van der Waals surface area (Å²) in [7, 11) is 1.72. The number of nitrogens with zero attached hydrogens (tertiary/aromatic N) is 1. The average molecular weight is 285 g/mol. The molecule has 0 aliphatic rings. The van der Waals surface area contributed by atoms with E-state index in [1.807, 2.05) is 0 Å². The number of aromatic amines is 1. The van der Waals surface area contributed by atoms with Crippen LogP contribution in [0.25, 0.3) is 0 Å². The molecule has 1 unspecified atom stereocenters. The zero-order valence-corrected chi connectivity index (χ0v) is 12.2. The minimum absolute atomic E-state index is 0.162. The Morgan fingerprint density at radius 1 is 1.63 bits per heavy atom. The van der Waals surface area contributed by atoms with Crippen LogP contribution in [-0.4, -0.2) is 41.4 Å². The number of rotatable bonds is 7. The molecule has 0 spiro atoms. The van der Waals surface area contributed by atoms with Gasteiger partial charge >= 0.3 is 5.97 Å². The van der Waals surface area contributed by atoms with Crippen LogP contribution in [-0.2, 0) is 9.53 Å². The van der Waals surface area contributed by atoms with Crippen LogP contribution in [0.4, 0.5) is 0 Å². The van der Waals surface area contributed by atoms with Crippen molar-refractivity contribution >= 4 is 17.7 Å². The Balaban J connectivity index is 2.48. The molecule has 1 aromatic heterocycles. The van der Waals surface area contributed by atoms with E-state index in [0.29, 0.717) is 29.6 Å². The molecule has 0 saturated heterocycles. The minimum atomic E-state index is -0.330. The molecule has 0 saturated carbocycles. The first-order chi connectivity index (χ1) is 9.06. The van der Waals surface area contributed by atoms with Gasteiger partial charge in [-0.1, -0.05) is 11.8 Å². The van der Waals surface area contributed by atoms with Gasteiger partial charge in [0.15, 0.2) is 5.16 Å². The van der Waals surface area contributed by atoms with Gasteiger partial charge in [0.25, 0.3) is 5.56 Å². The van der Waals surface area contributed by atoms with Crippen LogP contribution in [0.15, 0.2) is 16.0 Å². The van der Waals surface area contributed by atoms with Crippen molar-refractivity contribution in [3.63, 3.8) is 0 Å². The van der Waals surface area contributed by atoms with Gasteiger partial charge in [-0.25, -0.2) is 4.98 Å². The van der Waals surface area contributed by atoms with E-state index in [-0.39, 0.29) is 17.6 Å². The van der Waals surface area contributed by atoms with Gasteiger partial charge in [-0.3, -0.25) is 9.59 Å². The maximum atomic E-state index is 11.6. The SMILES string of the molecule is CCOC(=O)C(CCSc1nc(C)cc(=O)[nH]1)NC. The maximum absolute atomic E-state index is 11.6. The second-order valence-electron chi connectivity index (χ2n) is 3.92. The van der Waals surface area contributed by atoms with Gasteiger partial charge in [0.05, 0.1) is 6.61 Å². The summed E-state index contributed by atoms with van der Waals surface area (Å²) in [6.07, 6.45) is 0.609. The maximum Gasteiger partial charge on any atom is 0.323 e. The number of ether oxygens (including phenoxy) is 1. The van der Waals surface area contributed by atoms with Gasteiger partial charge in [0.1, 0.15) is 6.04 Å². The highest BCUT2D eigenvalue weighted by molar-refractivity contribution is 7.99. The molecule has 1 heterocycles. The molecule has 0 amide bonds. The molecular weight excluding hydrogens is 266 g/mol. The number of carbonyl (C=O) groups is 1. The zero-order chi connectivity index (χ0) is 14.3. The van der Waals surface area contributed by atoms with Crippen LogP contribution in [0.5, 0.6) is 0 Å². The third-order valence-electron chi connectivity index (χ3n) is 2.41. The number of carbonyl (C=O) groups excluding carboxylic acids is 1. The van der Waals surface area contributed by atoms with Gasteiger partial charge in [0, 0.05) is 17.5 Å². The summed E-state index contributed by atoms with van der Waals surface area (Å²) in [6, 6.07) is 1.11. The highest BCUT2D eigenvalue weighted by atomic mass is 32.2. The van der Waals surface area contributed by atoms with Crippen LogP contribution < -0.4 is 10.9 Å². The van der Waals surface area contributed by atoms with Crippen molar-refractivity contribution in [2.24, 2.45) is 0 Å². The van der Waals surface area contributed by atoms with Gasteiger partial charge in [-0.15, -0.1) is 0 Å². The second kappa shape index (κ2) is 7.96. The standard InChI is InChI=1S/C12H19N3O3S/c1-4-18-11(17)9(13-3)5-6-19-12-14-8(2)7-10(16)15-12/h7,9,13H,4-6H2,1-3H3,(H,14,15,16). The minimum Gasteiger partial charge on any atom is -0.465 e. The molecule has 106 valence electrons. The smallest absolute Gasteiger partial charge is 0.323 e. The van der Waals surface area contributed by atoms with Crippen molar-refractivity contribution in [3.8, 4) is 0 Å². The van der Waals surface area contributed by atoms with Gasteiger partial charge in [-0.05, 0) is 27.3 Å². The number of hydrogen-bond acceptors (Lipinski definition) is 6. The molecule has 7 heteroatoms. The molecule has 0 bridgehead atoms. The lowest BCUT2D eigenvalue weighted by atomic mass is 10.2. The normalized spacial score (nSPS) is 12.2. The number of aryl methyl sites for hydroxylation is 1. The second-order valence-corrected chi connectivity index (χ2v) is 5.01. The molecule has 0 aliphatic heterocycles. The van der Waals surface area contributed by atoms with Crippen molar-refractivity contribution in [1.29, 1.82) is 0 Å². The summed E-state index contributed by atoms with van der Waals surface area (Å²) in [4.78, 5) is 29.7. The topological polar surface area (TPSA) is 84.1 Å². The zero-order valence-electron chi connectivity index (χ0n) is 11.4. The number of esters is 1. The van der Waals surface area contributed by atoms with Crippen LogP contribution in [0.2, 0.25) is 0 Å². The Bertz CT molecular complexity index is 476. The van der Waals surface area contributed by atoms with E-state index in [9.17, 15) is 9.59 Å². The first-order valence-corrected chi connectivity index (χ1v) is 7.10. The lowest BCUT2D eigenvalue weighted by Gasteiger charge is -2.13. The van der Waals surface area contributed by atoms with E-state index < -0.39 is 0 Å². The molecular formula is C12H19N3O3S. The number of hydrogen-bond donors (Lipinski definition) is 2. The Hall–Kier alpha value is -1.34. The summed E-state index contributed by atoms with van der Waals surface area (Å²) in [6.45, 7) is 3.92. The quantitative estimate of drug-likeness (QED) is 0.436. The number of likely N-dealkylation sites (N-methyl/N-ethyl adjacent to an activating group) is 1.